The highest BCUT2D eigenvalue weighted by Crippen LogP contribution is 2.35. The summed E-state index contributed by atoms with van der Waals surface area (Å²) in [6.07, 6.45) is 3.74. The van der Waals surface area contributed by atoms with E-state index in [0.717, 1.165) is 5.56 Å². The number of ether oxygens (including phenoxy) is 1. The fraction of sp³-hybridized carbons (Fsp3) is 0.400. The van der Waals surface area contributed by atoms with Gasteiger partial charge in [0.25, 0.3) is 0 Å². The topological polar surface area (TPSA) is 114 Å². The molecule has 0 bridgehead atoms. The van der Waals surface area contributed by atoms with Crippen molar-refractivity contribution in [3.05, 3.63) is 48.3 Å². The lowest BCUT2D eigenvalue weighted by molar-refractivity contribution is -0.119. The van der Waals surface area contributed by atoms with Crippen molar-refractivity contribution in [2.45, 2.75) is 25.2 Å². The lowest BCUT2D eigenvalue weighted by Crippen LogP contribution is -2.32. The molecule has 3 rings (SSSR count). The predicted octanol–water partition coefficient (Wildman–Crippen LogP) is 1.66. The summed E-state index contributed by atoms with van der Waals surface area (Å²) < 4.78 is 58.9. The summed E-state index contributed by atoms with van der Waals surface area (Å²) in [6, 6.07) is 7.56. The SMILES string of the molecule is CCOc1ccc(N2C(=O)C(C)CS2(=O)=O)cc1S(=O)(=O)N(C)CCc1ccncc1. The standard InChI is InChI=1S/C20H25N3O6S2/c1-4-29-18-6-5-17(23-20(24)15(2)14-30(23,25)26)13-19(18)31(27,28)22(3)12-9-16-7-10-21-11-8-16/h5-8,10-11,13,15H,4,9,12,14H2,1-3H3. The minimum Gasteiger partial charge on any atom is -0.492 e. The van der Waals surface area contributed by atoms with Crippen LogP contribution in [-0.2, 0) is 31.3 Å². The molecule has 2 heterocycles. The van der Waals surface area contributed by atoms with Crippen LogP contribution < -0.4 is 9.04 Å². The van der Waals surface area contributed by atoms with Crippen LogP contribution in [0.5, 0.6) is 5.75 Å². The highest BCUT2D eigenvalue weighted by atomic mass is 32.2. The first-order chi connectivity index (χ1) is 14.6. The van der Waals surface area contributed by atoms with Gasteiger partial charge < -0.3 is 4.74 Å². The molecule has 1 fully saturated rings. The third kappa shape index (κ3) is 4.73. The van der Waals surface area contributed by atoms with Crippen molar-refractivity contribution < 1.29 is 26.4 Å². The minimum absolute atomic E-state index is 0.0149. The molecule has 0 saturated carbocycles. The number of rotatable bonds is 8. The maximum atomic E-state index is 13.3. The van der Waals surface area contributed by atoms with Crippen LogP contribution in [0.3, 0.4) is 0 Å². The average Bonchev–Trinajstić information content (AvgIpc) is 2.94. The number of amides is 1. The van der Waals surface area contributed by atoms with E-state index in [0.29, 0.717) is 10.7 Å². The molecule has 0 N–H and O–H groups in total. The van der Waals surface area contributed by atoms with Crippen molar-refractivity contribution in [1.29, 1.82) is 0 Å². The number of sulfonamides is 2. The molecule has 1 saturated heterocycles. The van der Waals surface area contributed by atoms with E-state index in [4.69, 9.17) is 4.74 Å². The Morgan fingerprint density at radius 1 is 1.23 bits per heavy atom. The van der Waals surface area contributed by atoms with Crippen LogP contribution in [0.4, 0.5) is 5.69 Å². The normalized spacial score (nSPS) is 18.5. The molecule has 31 heavy (non-hydrogen) atoms. The van der Waals surface area contributed by atoms with Crippen LogP contribution >= 0.6 is 0 Å². The van der Waals surface area contributed by atoms with E-state index in [1.807, 2.05) is 0 Å². The number of hydrogen-bond donors (Lipinski definition) is 0. The van der Waals surface area contributed by atoms with E-state index in [1.54, 1.807) is 31.5 Å². The first-order valence-corrected chi connectivity index (χ1v) is 12.8. The zero-order valence-corrected chi connectivity index (χ0v) is 19.2. The van der Waals surface area contributed by atoms with Gasteiger partial charge >= 0.3 is 0 Å². The molecular formula is C20H25N3O6S2. The van der Waals surface area contributed by atoms with Crippen LogP contribution in [0, 0.1) is 5.92 Å². The summed E-state index contributed by atoms with van der Waals surface area (Å²) in [4.78, 5) is 16.2. The van der Waals surface area contributed by atoms with Crippen molar-refractivity contribution in [2.24, 2.45) is 5.92 Å². The van der Waals surface area contributed by atoms with Gasteiger partial charge in [0.15, 0.2) is 0 Å². The Kier molecular flexibility index (Phi) is 6.68. The Morgan fingerprint density at radius 2 is 1.90 bits per heavy atom. The first kappa shape index (κ1) is 23.2. The summed E-state index contributed by atoms with van der Waals surface area (Å²) in [5.74, 6) is -1.50. The monoisotopic (exact) mass is 467 g/mol. The lowest BCUT2D eigenvalue weighted by Gasteiger charge is -2.22. The molecule has 2 aromatic rings. The summed E-state index contributed by atoms with van der Waals surface area (Å²) in [5, 5.41) is 0. The van der Waals surface area contributed by atoms with Gasteiger partial charge in [0, 0.05) is 26.0 Å². The molecule has 168 valence electrons. The van der Waals surface area contributed by atoms with Crippen LogP contribution in [0.1, 0.15) is 19.4 Å². The second kappa shape index (κ2) is 8.93. The molecular weight excluding hydrogens is 442 g/mol. The molecule has 1 aliphatic heterocycles. The number of anilines is 1. The number of aromatic nitrogens is 1. The van der Waals surface area contributed by atoms with Crippen molar-refractivity contribution in [2.75, 3.05) is 30.3 Å². The molecule has 1 aromatic heterocycles. The number of carbonyl (C=O) groups excluding carboxylic acids is 1. The van der Waals surface area contributed by atoms with Gasteiger partial charge in [0.05, 0.1) is 24.0 Å². The number of hydrogen-bond acceptors (Lipinski definition) is 7. The maximum absolute atomic E-state index is 13.3. The van der Waals surface area contributed by atoms with E-state index in [9.17, 15) is 21.6 Å². The summed E-state index contributed by atoms with van der Waals surface area (Å²) in [7, 11) is -6.44. The van der Waals surface area contributed by atoms with E-state index >= 15 is 0 Å². The smallest absolute Gasteiger partial charge is 0.246 e. The third-order valence-electron chi connectivity index (χ3n) is 4.98. The second-order valence-electron chi connectivity index (χ2n) is 7.28. The molecule has 1 atom stereocenters. The number of nitrogens with zero attached hydrogens (tertiary/aromatic N) is 3. The van der Waals surface area contributed by atoms with Crippen molar-refractivity contribution in [1.82, 2.24) is 9.29 Å². The van der Waals surface area contributed by atoms with Gasteiger partial charge in [-0.3, -0.25) is 9.78 Å². The Morgan fingerprint density at radius 3 is 2.48 bits per heavy atom. The zero-order chi connectivity index (χ0) is 22.8. The number of benzene rings is 1. The molecule has 0 radical (unpaired) electrons. The molecule has 1 unspecified atom stereocenters. The van der Waals surface area contributed by atoms with Crippen molar-refractivity contribution >= 4 is 31.6 Å². The molecule has 9 nitrogen and oxygen atoms in total. The summed E-state index contributed by atoms with van der Waals surface area (Å²) in [5.41, 5.74) is 0.914. The number of pyridine rings is 1. The van der Waals surface area contributed by atoms with Crippen molar-refractivity contribution in [3.8, 4) is 5.75 Å². The quantitative estimate of drug-likeness (QED) is 0.580. The average molecular weight is 468 g/mol. The summed E-state index contributed by atoms with van der Waals surface area (Å²) in [6.45, 7) is 3.66. The van der Waals surface area contributed by atoms with Crippen molar-refractivity contribution in [3.63, 3.8) is 0 Å². The summed E-state index contributed by atoms with van der Waals surface area (Å²) >= 11 is 0. The van der Waals surface area contributed by atoms with Gasteiger partial charge in [-0.15, -0.1) is 0 Å². The Hall–Kier alpha value is -2.50. The Bertz CT molecular complexity index is 1170. The molecule has 1 aromatic carbocycles. The van der Waals surface area contributed by atoms with E-state index < -0.39 is 31.9 Å². The maximum Gasteiger partial charge on any atom is 0.246 e. The molecule has 0 aliphatic carbocycles. The fourth-order valence-electron chi connectivity index (χ4n) is 3.31. The van der Waals surface area contributed by atoms with Crippen LogP contribution in [0.15, 0.2) is 47.6 Å². The Labute approximate surface area is 182 Å². The first-order valence-electron chi connectivity index (χ1n) is 9.77. The van der Waals surface area contributed by atoms with Crippen LogP contribution in [0.2, 0.25) is 0 Å². The van der Waals surface area contributed by atoms with Gasteiger partial charge in [0.2, 0.25) is 26.0 Å². The zero-order valence-electron chi connectivity index (χ0n) is 17.6. The van der Waals surface area contributed by atoms with E-state index in [-0.39, 0.29) is 35.2 Å². The predicted molar refractivity (Wildman–Crippen MR) is 116 cm³/mol. The largest absolute Gasteiger partial charge is 0.492 e. The molecule has 11 heteroatoms. The lowest BCUT2D eigenvalue weighted by atomic mass is 10.2. The van der Waals surface area contributed by atoms with Crippen LogP contribution in [0.25, 0.3) is 0 Å². The van der Waals surface area contributed by atoms with Gasteiger partial charge in [-0.25, -0.2) is 25.4 Å². The fourth-order valence-corrected chi connectivity index (χ4v) is 6.44. The number of carbonyl (C=O) groups is 1. The van der Waals surface area contributed by atoms with Gasteiger partial charge in [0.1, 0.15) is 10.6 Å². The van der Waals surface area contributed by atoms with Gasteiger partial charge in [-0.05, 0) is 49.2 Å². The van der Waals surface area contributed by atoms with Crippen LogP contribution in [-0.4, -0.2) is 58.0 Å². The van der Waals surface area contributed by atoms with E-state index in [1.165, 1.54) is 36.5 Å². The molecule has 0 spiro atoms. The molecule has 1 aliphatic rings. The second-order valence-corrected chi connectivity index (χ2v) is 11.2. The van der Waals surface area contributed by atoms with Gasteiger partial charge in [-0.1, -0.05) is 6.92 Å². The van der Waals surface area contributed by atoms with E-state index in [2.05, 4.69) is 4.98 Å². The van der Waals surface area contributed by atoms with Gasteiger partial charge in [-0.2, -0.15) is 0 Å². The molecule has 1 amide bonds. The minimum atomic E-state index is -4.02. The highest BCUT2D eigenvalue weighted by Gasteiger charge is 2.42. The third-order valence-corrected chi connectivity index (χ3v) is 8.72. The highest BCUT2D eigenvalue weighted by molar-refractivity contribution is 7.94. The Balaban J connectivity index is 1.97. The number of likely N-dealkylation sites (N-methyl/N-ethyl adjacent to an activating group) is 1.